The number of benzene rings is 2. The molecule has 8 heteroatoms. The van der Waals surface area contributed by atoms with Crippen LogP contribution in [0, 0.1) is 23.1 Å². The van der Waals surface area contributed by atoms with E-state index in [4.69, 9.17) is 10.00 Å². The Morgan fingerprint density at radius 3 is 2.91 bits per heavy atom. The molecule has 0 spiro atoms. The lowest BCUT2D eigenvalue weighted by molar-refractivity contribution is 0.0959. The van der Waals surface area contributed by atoms with Crippen molar-refractivity contribution in [2.24, 2.45) is 5.92 Å². The molecule has 3 atom stereocenters. The average molecular weight is 427 g/mol. The Kier molecular flexibility index (Phi) is 3.96. The summed E-state index contributed by atoms with van der Waals surface area (Å²) in [5.41, 5.74) is 3.90. The van der Waals surface area contributed by atoms with Gasteiger partial charge in [0.25, 0.3) is 5.91 Å². The normalized spacial score (nSPS) is 21.2. The minimum absolute atomic E-state index is 0.0434. The van der Waals surface area contributed by atoms with Gasteiger partial charge in [-0.15, -0.1) is 0 Å². The minimum Gasteiger partial charge on any atom is -0.492 e. The predicted molar refractivity (Wildman–Crippen MR) is 114 cm³/mol. The first-order valence-corrected chi connectivity index (χ1v) is 10.4. The summed E-state index contributed by atoms with van der Waals surface area (Å²) in [6.07, 6.45) is 4.26. The van der Waals surface area contributed by atoms with Gasteiger partial charge in [0.15, 0.2) is 0 Å². The summed E-state index contributed by atoms with van der Waals surface area (Å²) in [7, 11) is 1.47. The molecule has 2 aromatic carbocycles. The Morgan fingerprint density at radius 1 is 1.28 bits per heavy atom. The molecule has 0 bridgehead atoms. The van der Waals surface area contributed by atoms with Gasteiger partial charge in [-0.2, -0.15) is 5.26 Å². The van der Waals surface area contributed by atoms with Gasteiger partial charge in [0, 0.05) is 24.6 Å². The molecular weight excluding hydrogens is 409 g/mol. The summed E-state index contributed by atoms with van der Waals surface area (Å²) < 4.78 is 22.4. The van der Waals surface area contributed by atoms with Crippen molar-refractivity contribution in [2.75, 3.05) is 13.7 Å². The van der Waals surface area contributed by atoms with E-state index in [0.717, 1.165) is 34.6 Å². The van der Waals surface area contributed by atoms with E-state index < -0.39 is 11.7 Å². The second-order valence-electron chi connectivity index (χ2n) is 8.27. The zero-order valence-corrected chi connectivity index (χ0v) is 17.2. The average Bonchev–Trinajstić information content (AvgIpc) is 3.30. The first-order chi connectivity index (χ1) is 15.6. The molecule has 0 unspecified atom stereocenters. The molecule has 158 valence electrons. The lowest BCUT2D eigenvalue weighted by atomic mass is 9.97. The number of fused-ring (bicyclic) bond motifs is 4. The second kappa shape index (κ2) is 6.76. The van der Waals surface area contributed by atoms with Crippen LogP contribution >= 0.6 is 0 Å². The number of imidazole rings is 1. The monoisotopic (exact) mass is 427 g/mol. The summed E-state index contributed by atoms with van der Waals surface area (Å²) >= 11 is 0. The van der Waals surface area contributed by atoms with Crippen LogP contribution in [0.5, 0.6) is 5.75 Å². The van der Waals surface area contributed by atoms with Crippen LogP contribution in [0.25, 0.3) is 16.6 Å². The van der Waals surface area contributed by atoms with Crippen molar-refractivity contribution in [2.45, 2.75) is 18.3 Å². The Bertz CT molecular complexity index is 1470. The number of amides is 1. The summed E-state index contributed by atoms with van der Waals surface area (Å²) in [6.45, 7) is 0.428. The highest BCUT2D eigenvalue weighted by atomic mass is 19.1. The van der Waals surface area contributed by atoms with Gasteiger partial charge < -0.3 is 10.1 Å². The number of carbonyl (C=O) groups excluding carboxylic acids is 1. The van der Waals surface area contributed by atoms with E-state index in [0.29, 0.717) is 17.6 Å². The molecule has 1 amide bonds. The standard InChI is InChI=1S/C24H18FN5O2/c1-27-24(31)17-6-21-20(7-19(17)25)28-9-14-10-29-23(30(14)21)18-11-32-22-5-12(2-3-15(18)22)16-4-13(16)8-26/h2-3,5-7,9-10,13,16,18H,4,11H2,1H3,(H,27,31)/t13-,16-,18+/m1/s1. The molecule has 32 heavy (non-hydrogen) atoms. The van der Waals surface area contributed by atoms with E-state index in [2.05, 4.69) is 33.5 Å². The van der Waals surface area contributed by atoms with Crippen LogP contribution in [0.4, 0.5) is 4.39 Å². The van der Waals surface area contributed by atoms with Crippen LogP contribution in [0.15, 0.2) is 42.7 Å². The molecule has 4 aromatic rings. The third-order valence-electron chi connectivity index (χ3n) is 6.44. The minimum atomic E-state index is -0.622. The van der Waals surface area contributed by atoms with Crippen molar-refractivity contribution in [1.29, 1.82) is 5.26 Å². The number of aromatic nitrogens is 3. The van der Waals surface area contributed by atoms with Gasteiger partial charge in [0.05, 0.1) is 52.4 Å². The van der Waals surface area contributed by atoms with Crippen molar-refractivity contribution in [3.8, 4) is 11.8 Å². The van der Waals surface area contributed by atoms with Crippen LogP contribution in [0.1, 0.15) is 45.6 Å². The molecule has 0 saturated heterocycles. The first-order valence-electron chi connectivity index (χ1n) is 10.4. The van der Waals surface area contributed by atoms with Crippen LogP contribution in [-0.2, 0) is 0 Å². The Hall–Kier alpha value is -3.99. The molecular formula is C24H18FN5O2. The van der Waals surface area contributed by atoms with E-state index >= 15 is 0 Å². The molecule has 2 aromatic heterocycles. The molecule has 1 aliphatic heterocycles. The molecule has 1 fully saturated rings. The van der Waals surface area contributed by atoms with Crippen LogP contribution < -0.4 is 10.1 Å². The number of nitriles is 1. The van der Waals surface area contributed by atoms with Crippen LogP contribution in [0.3, 0.4) is 0 Å². The maximum Gasteiger partial charge on any atom is 0.254 e. The molecule has 7 nitrogen and oxygen atoms in total. The highest BCUT2D eigenvalue weighted by Crippen LogP contribution is 2.49. The first kappa shape index (κ1) is 18.8. The zero-order valence-electron chi connectivity index (χ0n) is 17.2. The van der Waals surface area contributed by atoms with Gasteiger partial charge in [-0.05, 0) is 24.1 Å². The predicted octanol–water partition coefficient (Wildman–Crippen LogP) is 3.53. The number of hydrogen-bond donors (Lipinski definition) is 1. The third-order valence-corrected chi connectivity index (χ3v) is 6.44. The van der Waals surface area contributed by atoms with Gasteiger partial charge >= 0.3 is 0 Å². The highest BCUT2D eigenvalue weighted by Gasteiger charge is 2.40. The van der Waals surface area contributed by atoms with Gasteiger partial charge in [0.1, 0.15) is 24.0 Å². The number of nitrogens with one attached hydrogen (secondary N) is 1. The lowest BCUT2D eigenvalue weighted by Crippen LogP contribution is -2.19. The summed E-state index contributed by atoms with van der Waals surface area (Å²) in [5.74, 6) is 0.692. The number of rotatable bonds is 3. The molecule has 0 radical (unpaired) electrons. The second-order valence-corrected chi connectivity index (χ2v) is 8.27. The maximum atomic E-state index is 14.5. The summed E-state index contributed by atoms with van der Waals surface area (Å²) in [4.78, 5) is 21.1. The third kappa shape index (κ3) is 2.67. The number of halogens is 1. The van der Waals surface area contributed by atoms with E-state index in [1.54, 1.807) is 12.4 Å². The fourth-order valence-corrected chi connectivity index (χ4v) is 4.63. The number of carbonyl (C=O) groups is 1. The van der Waals surface area contributed by atoms with Gasteiger partial charge in [0.2, 0.25) is 0 Å². The van der Waals surface area contributed by atoms with E-state index in [1.807, 2.05) is 10.5 Å². The van der Waals surface area contributed by atoms with Crippen LogP contribution in [-0.4, -0.2) is 33.9 Å². The molecule has 1 aliphatic carbocycles. The maximum absolute atomic E-state index is 14.5. The van der Waals surface area contributed by atoms with Crippen molar-refractivity contribution >= 4 is 22.5 Å². The van der Waals surface area contributed by atoms with E-state index in [-0.39, 0.29) is 23.3 Å². The molecule has 1 N–H and O–H groups in total. The quantitative estimate of drug-likeness (QED) is 0.540. The van der Waals surface area contributed by atoms with Crippen molar-refractivity contribution in [1.82, 2.24) is 19.7 Å². The van der Waals surface area contributed by atoms with E-state index in [9.17, 15) is 9.18 Å². The summed E-state index contributed by atoms with van der Waals surface area (Å²) in [6, 6.07) is 11.3. The van der Waals surface area contributed by atoms with Gasteiger partial charge in [-0.1, -0.05) is 12.1 Å². The SMILES string of the molecule is CNC(=O)c1cc2c(cc1F)ncc1cnc([C@H]3COc4cc([C@H]5C[C@@H]5C#N)ccc43)n12. The van der Waals surface area contributed by atoms with Crippen molar-refractivity contribution < 1.29 is 13.9 Å². The van der Waals surface area contributed by atoms with E-state index in [1.165, 1.54) is 19.2 Å². The largest absolute Gasteiger partial charge is 0.492 e. The van der Waals surface area contributed by atoms with Crippen LogP contribution in [0.2, 0.25) is 0 Å². The topological polar surface area (TPSA) is 92.3 Å². The number of nitrogens with zero attached hydrogens (tertiary/aromatic N) is 4. The fraction of sp³-hybridized carbons (Fsp3) is 0.250. The molecule has 1 saturated carbocycles. The Balaban J connectivity index is 1.48. The molecule has 6 rings (SSSR count). The molecule has 3 heterocycles. The van der Waals surface area contributed by atoms with Gasteiger partial charge in [-0.3, -0.25) is 14.2 Å². The fourth-order valence-electron chi connectivity index (χ4n) is 4.63. The number of ether oxygens (including phenoxy) is 1. The Labute approximate surface area is 182 Å². The van der Waals surface area contributed by atoms with Crippen molar-refractivity contribution in [3.63, 3.8) is 0 Å². The molecule has 2 aliphatic rings. The zero-order chi connectivity index (χ0) is 22.0. The lowest BCUT2D eigenvalue weighted by Gasteiger charge is -2.12. The van der Waals surface area contributed by atoms with Gasteiger partial charge in [-0.25, -0.2) is 9.37 Å². The number of hydrogen-bond acceptors (Lipinski definition) is 5. The highest BCUT2D eigenvalue weighted by molar-refractivity contribution is 5.97. The summed E-state index contributed by atoms with van der Waals surface area (Å²) in [5, 5.41) is 11.6. The smallest absolute Gasteiger partial charge is 0.254 e. The Morgan fingerprint density at radius 2 is 2.12 bits per heavy atom. The van der Waals surface area contributed by atoms with Crippen molar-refractivity contribution in [3.05, 3.63) is 71.1 Å².